The number of benzene rings is 1. The molecule has 7 heteroatoms. The number of nitrogens with zero attached hydrogens (tertiary/aromatic N) is 5. The van der Waals surface area contributed by atoms with Crippen LogP contribution in [0.15, 0.2) is 41.3 Å². The minimum atomic E-state index is -0.194. The molecule has 2 heterocycles. The Labute approximate surface area is 133 Å². The van der Waals surface area contributed by atoms with E-state index in [1.807, 2.05) is 31.2 Å². The Morgan fingerprint density at radius 2 is 2.00 bits per heavy atom. The van der Waals surface area contributed by atoms with Crippen LogP contribution in [0.3, 0.4) is 0 Å². The third kappa shape index (κ3) is 3.23. The van der Waals surface area contributed by atoms with Gasteiger partial charge in [0.1, 0.15) is 11.0 Å². The van der Waals surface area contributed by atoms with Crippen molar-refractivity contribution >= 4 is 11.0 Å². The fourth-order valence-electron chi connectivity index (χ4n) is 2.58. The van der Waals surface area contributed by atoms with Crippen LogP contribution in [0.1, 0.15) is 33.2 Å². The van der Waals surface area contributed by atoms with Crippen molar-refractivity contribution in [1.82, 2.24) is 24.9 Å². The summed E-state index contributed by atoms with van der Waals surface area (Å²) in [5, 5.41) is 12.1. The molecule has 0 saturated carbocycles. The van der Waals surface area contributed by atoms with E-state index in [9.17, 15) is 4.79 Å². The Hall–Kier alpha value is -2.70. The highest BCUT2D eigenvalue weighted by atomic mass is 16.7. The molecular weight excluding hydrogens is 294 g/mol. The van der Waals surface area contributed by atoms with Gasteiger partial charge in [-0.1, -0.05) is 30.8 Å². The van der Waals surface area contributed by atoms with Crippen LogP contribution in [0.5, 0.6) is 5.75 Å². The molecule has 1 atom stereocenters. The Balaban J connectivity index is 1.85. The lowest BCUT2D eigenvalue weighted by Crippen LogP contribution is -2.26. The lowest BCUT2D eigenvalue weighted by molar-refractivity contribution is 0.181. The van der Waals surface area contributed by atoms with Crippen molar-refractivity contribution in [3.05, 3.63) is 46.9 Å². The average molecular weight is 313 g/mol. The van der Waals surface area contributed by atoms with Crippen LogP contribution >= 0.6 is 0 Å². The summed E-state index contributed by atoms with van der Waals surface area (Å²) in [7, 11) is 0. The molecule has 7 nitrogen and oxygen atoms in total. The summed E-state index contributed by atoms with van der Waals surface area (Å²) >= 11 is 0. The number of para-hydroxylation sites is 1. The molecule has 120 valence electrons. The van der Waals surface area contributed by atoms with Crippen molar-refractivity contribution in [1.29, 1.82) is 0 Å². The molecule has 3 aromatic rings. The van der Waals surface area contributed by atoms with Crippen LogP contribution in [-0.2, 0) is 0 Å². The summed E-state index contributed by atoms with van der Waals surface area (Å²) in [6, 6.07) is 8.89. The van der Waals surface area contributed by atoms with Crippen LogP contribution in [0, 0.1) is 5.92 Å². The molecule has 3 rings (SSSR count). The van der Waals surface area contributed by atoms with Crippen molar-refractivity contribution in [3.63, 3.8) is 0 Å². The second-order valence-corrected chi connectivity index (χ2v) is 6.00. The molecule has 2 aromatic heterocycles. The normalized spacial score (nSPS) is 12.7. The smallest absolute Gasteiger partial charge is 0.270 e. The van der Waals surface area contributed by atoms with E-state index < -0.39 is 0 Å². The summed E-state index contributed by atoms with van der Waals surface area (Å²) in [4.78, 5) is 19.1. The summed E-state index contributed by atoms with van der Waals surface area (Å²) in [5.74, 6) is 0.829. The van der Waals surface area contributed by atoms with E-state index in [0.717, 1.165) is 17.5 Å². The van der Waals surface area contributed by atoms with Crippen molar-refractivity contribution in [3.8, 4) is 5.75 Å². The number of fused-ring (bicyclic) bond motifs is 1. The molecule has 1 aromatic carbocycles. The zero-order chi connectivity index (χ0) is 16.4. The Kier molecular flexibility index (Phi) is 4.10. The highest BCUT2D eigenvalue weighted by molar-refractivity contribution is 5.73. The van der Waals surface area contributed by atoms with Crippen LogP contribution < -0.4 is 10.4 Å². The molecular formula is C16H19N5O2. The van der Waals surface area contributed by atoms with Crippen molar-refractivity contribution < 1.29 is 4.84 Å². The van der Waals surface area contributed by atoms with Crippen molar-refractivity contribution in [2.45, 2.75) is 33.2 Å². The minimum absolute atomic E-state index is 0.0451. The lowest BCUT2D eigenvalue weighted by atomic mass is 10.1. The summed E-state index contributed by atoms with van der Waals surface area (Å²) in [5.41, 5.74) is 1.25. The van der Waals surface area contributed by atoms with Gasteiger partial charge in [0.25, 0.3) is 5.56 Å². The quantitative estimate of drug-likeness (QED) is 0.723. The largest absolute Gasteiger partial charge is 0.354 e. The lowest BCUT2D eigenvalue weighted by Gasteiger charge is -2.15. The van der Waals surface area contributed by atoms with Gasteiger partial charge in [-0.2, -0.15) is 5.10 Å². The number of hydrogen-bond acceptors (Lipinski definition) is 5. The second kappa shape index (κ2) is 6.20. The standard InChI is InChI=1S/C16H19N5O2/c1-11(2)8-12(3)20-16(22)9-13(10-17-20)23-21-15-7-5-4-6-14(15)18-19-21/h4-7,9-12H,8H2,1-3H3. The van der Waals surface area contributed by atoms with E-state index in [1.54, 1.807) is 0 Å². The molecule has 0 bridgehead atoms. The van der Waals surface area contributed by atoms with Crippen molar-refractivity contribution in [2.24, 2.45) is 5.92 Å². The molecule has 0 N–H and O–H groups in total. The van der Waals surface area contributed by atoms with Gasteiger partial charge in [-0.25, -0.2) is 4.68 Å². The van der Waals surface area contributed by atoms with E-state index in [4.69, 9.17) is 4.84 Å². The molecule has 0 aliphatic heterocycles. The maximum Gasteiger partial charge on any atom is 0.270 e. The summed E-state index contributed by atoms with van der Waals surface area (Å²) in [6.07, 6.45) is 2.41. The fraction of sp³-hybridized carbons (Fsp3) is 0.375. The van der Waals surface area contributed by atoms with Crippen LogP contribution in [-0.4, -0.2) is 24.9 Å². The van der Waals surface area contributed by atoms with Gasteiger partial charge in [0.05, 0.1) is 18.3 Å². The summed E-state index contributed by atoms with van der Waals surface area (Å²) < 4.78 is 1.48. The van der Waals surface area contributed by atoms with E-state index >= 15 is 0 Å². The highest BCUT2D eigenvalue weighted by Crippen LogP contribution is 2.16. The zero-order valence-electron chi connectivity index (χ0n) is 13.4. The van der Waals surface area contributed by atoms with Gasteiger partial charge < -0.3 is 4.84 Å². The van der Waals surface area contributed by atoms with E-state index in [1.165, 1.54) is 21.8 Å². The van der Waals surface area contributed by atoms with Crippen molar-refractivity contribution in [2.75, 3.05) is 0 Å². The average Bonchev–Trinajstić information content (AvgIpc) is 2.90. The second-order valence-electron chi connectivity index (χ2n) is 6.00. The Morgan fingerprint density at radius 3 is 2.74 bits per heavy atom. The minimum Gasteiger partial charge on any atom is -0.354 e. The number of rotatable bonds is 5. The van der Waals surface area contributed by atoms with E-state index in [-0.39, 0.29) is 11.6 Å². The number of aromatic nitrogens is 5. The van der Waals surface area contributed by atoms with E-state index in [2.05, 4.69) is 29.3 Å². The van der Waals surface area contributed by atoms with Crippen LogP contribution in [0.4, 0.5) is 0 Å². The van der Waals surface area contributed by atoms with E-state index in [0.29, 0.717) is 11.7 Å². The van der Waals surface area contributed by atoms with Crippen LogP contribution in [0.2, 0.25) is 0 Å². The van der Waals surface area contributed by atoms with Gasteiger partial charge in [-0.05, 0) is 36.6 Å². The SMILES string of the molecule is CC(C)CC(C)n1ncc(On2nnc3ccccc32)cc1=O. The third-order valence-corrected chi connectivity index (χ3v) is 3.54. The molecule has 0 spiro atoms. The maximum atomic E-state index is 12.2. The maximum absolute atomic E-state index is 12.2. The highest BCUT2D eigenvalue weighted by Gasteiger charge is 2.12. The third-order valence-electron chi connectivity index (χ3n) is 3.54. The zero-order valence-corrected chi connectivity index (χ0v) is 13.4. The molecule has 0 aliphatic carbocycles. The Morgan fingerprint density at radius 1 is 1.22 bits per heavy atom. The van der Waals surface area contributed by atoms with Gasteiger partial charge in [0.15, 0.2) is 5.75 Å². The predicted octanol–water partition coefficient (Wildman–Crippen LogP) is 2.44. The molecule has 1 unspecified atom stereocenters. The van der Waals surface area contributed by atoms with Gasteiger partial charge in [-0.15, -0.1) is 5.10 Å². The number of hydrogen-bond donors (Lipinski definition) is 0. The van der Waals surface area contributed by atoms with Gasteiger partial charge >= 0.3 is 0 Å². The molecule has 0 aliphatic rings. The molecule has 0 fully saturated rings. The molecule has 0 radical (unpaired) electrons. The first kappa shape index (κ1) is 15.2. The monoisotopic (exact) mass is 313 g/mol. The predicted molar refractivity (Wildman–Crippen MR) is 86.2 cm³/mol. The Bertz CT molecular complexity index is 868. The molecule has 0 saturated heterocycles. The first-order valence-electron chi connectivity index (χ1n) is 7.62. The first-order valence-corrected chi connectivity index (χ1v) is 7.62. The fourth-order valence-corrected chi connectivity index (χ4v) is 2.58. The first-order chi connectivity index (χ1) is 11.0. The van der Waals surface area contributed by atoms with Gasteiger partial charge in [-0.3, -0.25) is 4.79 Å². The topological polar surface area (TPSA) is 74.8 Å². The van der Waals surface area contributed by atoms with Crippen LogP contribution in [0.25, 0.3) is 11.0 Å². The van der Waals surface area contributed by atoms with Gasteiger partial charge in [0, 0.05) is 0 Å². The van der Waals surface area contributed by atoms with Gasteiger partial charge in [0.2, 0.25) is 0 Å². The molecule has 0 amide bonds. The molecule has 23 heavy (non-hydrogen) atoms. The summed E-state index contributed by atoms with van der Waals surface area (Å²) in [6.45, 7) is 6.23.